The average molecular weight is 382 g/mol. The van der Waals surface area contributed by atoms with Crippen LogP contribution in [0.1, 0.15) is 43.0 Å². The molecule has 150 valence electrons. The maximum Gasteiger partial charge on any atom is 0.251 e. The van der Waals surface area contributed by atoms with Crippen LogP contribution in [0.4, 0.5) is 0 Å². The van der Waals surface area contributed by atoms with Gasteiger partial charge in [-0.2, -0.15) is 0 Å². The number of carbonyl (C=O) groups is 2. The van der Waals surface area contributed by atoms with Gasteiger partial charge in [0, 0.05) is 31.1 Å². The topological polar surface area (TPSA) is 75.4 Å². The maximum absolute atomic E-state index is 12.7. The number of amides is 2. The third-order valence-corrected chi connectivity index (χ3v) is 5.66. The summed E-state index contributed by atoms with van der Waals surface area (Å²) in [6, 6.07) is 13.8. The molecule has 0 bridgehead atoms. The summed E-state index contributed by atoms with van der Waals surface area (Å²) in [5.74, 6) is 0.450. The predicted molar refractivity (Wildman–Crippen MR) is 113 cm³/mol. The van der Waals surface area contributed by atoms with Gasteiger partial charge in [-0.25, -0.2) is 0 Å². The second-order valence-electron chi connectivity index (χ2n) is 7.76. The van der Waals surface area contributed by atoms with Gasteiger partial charge < -0.3 is 16.0 Å². The van der Waals surface area contributed by atoms with Crippen molar-refractivity contribution in [2.75, 3.05) is 26.2 Å². The van der Waals surface area contributed by atoms with Gasteiger partial charge >= 0.3 is 0 Å². The fourth-order valence-corrected chi connectivity index (χ4v) is 4.12. The van der Waals surface area contributed by atoms with Crippen molar-refractivity contribution in [1.29, 1.82) is 0 Å². The largest absolute Gasteiger partial charge is 0.352 e. The molecule has 3 rings (SSSR count). The van der Waals surface area contributed by atoms with Crippen molar-refractivity contribution >= 4 is 22.6 Å². The van der Waals surface area contributed by atoms with Crippen molar-refractivity contribution in [3.63, 3.8) is 0 Å². The molecule has 2 aromatic carbocycles. The molecule has 1 aliphatic rings. The lowest BCUT2D eigenvalue weighted by atomic mass is 9.90. The Hall–Kier alpha value is -2.40. The van der Waals surface area contributed by atoms with E-state index in [2.05, 4.69) is 12.2 Å². The monoisotopic (exact) mass is 381 g/mol. The third-order valence-electron chi connectivity index (χ3n) is 5.66. The molecule has 0 radical (unpaired) electrons. The lowest BCUT2D eigenvalue weighted by Gasteiger charge is -2.23. The summed E-state index contributed by atoms with van der Waals surface area (Å²) in [6.07, 6.45) is 3.40. The van der Waals surface area contributed by atoms with E-state index in [9.17, 15) is 9.59 Å². The standard InChI is InChI=1S/C23H31N3O2/c1-2-12-26-13-10-17(14-21(9-11-24)23(26)28)16-25-22(27)20-8-7-18-5-3-4-6-19(18)15-20/h3-8,15,17,21H,2,9-14,16,24H2,1H3,(H,25,27)/t17-,21-/m1/s1. The summed E-state index contributed by atoms with van der Waals surface area (Å²) in [5.41, 5.74) is 6.42. The molecule has 0 spiro atoms. The van der Waals surface area contributed by atoms with Crippen LogP contribution in [0, 0.1) is 11.8 Å². The smallest absolute Gasteiger partial charge is 0.251 e. The van der Waals surface area contributed by atoms with Crippen molar-refractivity contribution < 1.29 is 9.59 Å². The maximum atomic E-state index is 12.7. The van der Waals surface area contributed by atoms with Crippen LogP contribution in [-0.4, -0.2) is 42.9 Å². The first-order valence-electron chi connectivity index (χ1n) is 10.4. The zero-order chi connectivity index (χ0) is 19.9. The fourth-order valence-electron chi connectivity index (χ4n) is 4.12. The molecule has 5 nitrogen and oxygen atoms in total. The lowest BCUT2D eigenvalue weighted by Crippen LogP contribution is -2.36. The minimum atomic E-state index is -0.0536. The van der Waals surface area contributed by atoms with Gasteiger partial charge in [0.05, 0.1) is 0 Å². The Kier molecular flexibility index (Phi) is 7.04. The van der Waals surface area contributed by atoms with Crippen molar-refractivity contribution in [1.82, 2.24) is 10.2 Å². The number of hydrogen-bond acceptors (Lipinski definition) is 3. The van der Waals surface area contributed by atoms with Crippen LogP contribution >= 0.6 is 0 Å². The van der Waals surface area contributed by atoms with Crippen LogP contribution in [0.5, 0.6) is 0 Å². The number of hydrogen-bond donors (Lipinski definition) is 2. The molecule has 1 aliphatic heterocycles. The zero-order valence-electron chi connectivity index (χ0n) is 16.7. The van der Waals surface area contributed by atoms with E-state index >= 15 is 0 Å². The van der Waals surface area contributed by atoms with Crippen LogP contribution in [-0.2, 0) is 4.79 Å². The van der Waals surface area contributed by atoms with E-state index in [1.165, 1.54) is 0 Å². The Morgan fingerprint density at radius 3 is 2.75 bits per heavy atom. The Bertz CT molecular complexity index is 820. The highest BCUT2D eigenvalue weighted by Crippen LogP contribution is 2.25. The molecular formula is C23H31N3O2. The molecule has 0 aromatic heterocycles. The van der Waals surface area contributed by atoms with E-state index in [-0.39, 0.29) is 17.7 Å². The first-order chi connectivity index (χ1) is 13.6. The number of carbonyl (C=O) groups excluding carboxylic acids is 2. The molecule has 1 saturated heterocycles. The molecule has 3 N–H and O–H groups in total. The Labute approximate surface area is 167 Å². The Morgan fingerprint density at radius 2 is 2.00 bits per heavy atom. The average Bonchev–Trinajstić information content (AvgIpc) is 2.86. The van der Waals surface area contributed by atoms with E-state index in [0.717, 1.165) is 43.1 Å². The molecule has 1 heterocycles. The summed E-state index contributed by atoms with van der Waals surface area (Å²) in [7, 11) is 0. The van der Waals surface area contributed by atoms with E-state index in [1.54, 1.807) is 0 Å². The number of nitrogens with one attached hydrogen (secondary N) is 1. The van der Waals surface area contributed by atoms with Gasteiger partial charge in [-0.15, -0.1) is 0 Å². The minimum absolute atomic E-state index is 0.0263. The second-order valence-corrected chi connectivity index (χ2v) is 7.76. The van der Waals surface area contributed by atoms with Crippen LogP contribution < -0.4 is 11.1 Å². The highest BCUT2D eigenvalue weighted by molar-refractivity contribution is 5.98. The van der Waals surface area contributed by atoms with Gasteiger partial charge in [-0.3, -0.25) is 9.59 Å². The summed E-state index contributed by atoms with van der Waals surface area (Å²) in [6.45, 7) is 4.78. The van der Waals surface area contributed by atoms with Crippen LogP contribution in [0.15, 0.2) is 42.5 Å². The van der Waals surface area contributed by atoms with Crippen molar-refractivity contribution in [3.8, 4) is 0 Å². The minimum Gasteiger partial charge on any atom is -0.352 e. The first-order valence-corrected chi connectivity index (χ1v) is 10.4. The first kappa shape index (κ1) is 20.3. The van der Waals surface area contributed by atoms with Gasteiger partial charge in [0.1, 0.15) is 0 Å². The molecule has 0 unspecified atom stereocenters. The van der Waals surface area contributed by atoms with Gasteiger partial charge in [-0.1, -0.05) is 37.3 Å². The summed E-state index contributed by atoms with van der Waals surface area (Å²) < 4.78 is 0. The van der Waals surface area contributed by atoms with Gasteiger partial charge in [0.15, 0.2) is 0 Å². The predicted octanol–water partition coefficient (Wildman–Crippen LogP) is 3.18. The Balaban J connectivity index is 1.63. The summed E-state index contributed by atoms with van der Waals surface area (Å²) in [5, 5.41) is 5.28. The van der Waals surface area contributed by atoms with Crippen molar-refractivity contribution in [2.24, 2.45) is 17.6 Å². The number of nitrogens with two attached hydrogens (primary N) is 1. The van der Waals surface area contributed by atoms with Crippen LogP contribution in [0.3, 0.4) is 0 Å². The van der Waals surface area contributed by atoms with E-state index in [4.69, 9.17) is 5.73 Å². The van der Waals surface area contributed by atoms with Gasteiger partial charge in [0.25, 0.3) is 5.91 Å². The Morgan fingerprint density at radius 1 is 1.21 bits per heavy atom. The van der Waals surface area contributed by atoms with E-state index in [1.807, 2.05) is 47.4 Å². The van der Waals surface area contributed by atoms with E-state index in [0.29, 0.717) is 31.0 Å². The highest BCUT2D eigenvalue weighted by Gasteiger charge is 2.30. The molecular weight excluding hydrogens is 350 g/mol. The SMILES string of the molecule is CCCN1CC[C@@H](CNC(=O)c2ccc3ccccc3c2)C[C@@H](CCN)C1=O. The van der Waals surface area contributed by atoms with Crippen molar-refractivity contribution in [2.45, 2.75) is 32.6 Å². The third kappa shape index (κ3) is 4.90. The summed E-state index contributed by atoms with van der Waals surface area (Å²) >= 11 is 0. The molecule has 1 fully saturated rings. The second kappa shape index (κ2) is 9.69. The van der Waals surface area contributed by atoms with Gasteiger partial charge in [0.2, 0.25) is 5.91 Å². The molecule has 5 heteroatoms. The molecule has 0 saturated carbocycles. The highest BCUT2D eigenvalue weighted by atomic mass is 16.2. The number of fused-ring (bicyclic) bond motifs is 1. The number of likely N-dealkylation sites (tertiary alicyclic amines) is 1. The van der Waals surface area contributed by atoms with Gasteiger partial charge in [-0.05, 0) is 61.1 Å². The lowest BCUT2D eigenvalue weighted by molar-refractivity contribution is -0.135. The quantitative estimate of drug-likeness (QED) is 0.773. The zero-order valence-corrected chi connectivity index (χ0v) is 16.7. The number of nitrogens with zero attached hydrogens (tertiary/aromatic N) is 1. The molecule has 2 aromatic rings. The van der Waals surface area contributed by atoms with E-state index < -0.39 is 0 Å². The van der Waals surface area contributed by atoms with Crippen LogP contribution in [0.2, 0.25) is 0 Å². The number of benzene rings is 2. The molecule has 2 atom stereocenters. The summed E-state index contributed by atoms with van der Waals surface area (Å²) in [4.78, 5) is 27.4. The fraction of sp³-hybridized carbons (Fsp3) is 0.478. The van der Waals surface area contributed by atoms with Crippen LogP contribution in [0.25, 0.3) is 10.8 Å². The molecule has 0 aliphatic carbocycles. The molecule has 28 heavy (non-hydrogen) atoms. The molecule has 2 amide bonds. The number of rotatable bonds is 7. The van der Waals surface area contributed by atoms with Crippen molar-refractivity contribution in [3.05, 3.63) is 48.0 Å². The normalized spacial score (nSPS) is 20.2.